The number of amides is 1. The summed E-state index contributed by atoms with van der Waals surface area (Å²) in [5, 5.41) is 5.52. The van der Waals surface area contributed by atoms with Gasteiger partial charge in [-0.05, 0) is 41.6 Å². The second-order valence-electron chi connectivity index (χ2n) is 3.79. The number of nitrogens with zero attached hydrogens (tertiary/aromatic N) is 1. The van der Waals surface area contributed by atoms with Gasteiger partial charge in [0.25, 0.3) is 5.91 Å². The Morgan fingerprint density at radius 1 is 1.11 bits per heavy atom. The minimum absolute atomic E-state index is 0.119. The van der Waals surface area contributed by atoms with E-state index in [1.807, 2.05) is 0 Å². The van der Waals surface area contributed by atoms with Crippen molar-refractivity contribution in [1.29, 1.82) is 0 Å². The first-order valence-electron chi connectivity index (χ1n) is 5.62. The second-order valence-corrected chi connectivity index (χ2v) is 3.79. The number of nitroso groups, excluding NO2 is 1. The van der Waals surface area contributed by atoms with Crippen LogP contribution < -0.4 is 10.1 Å². The summed E-state index contributed by atoms with van der Waals surface area (Å²) in [5.74, 6) is 0.327. The van der Waals surface area contributed by atoms with Gasteiger partial charge >= 0.3 is 0 Å². The molecule has 5 heteroatoms. The van der Waals surface area contributed by atoms with Gasteiger partial charge in [0.15, 0.2) is 0 Å². The maximum Gasteiger partial charge on any atom is 0.257 e. The van der Waals surface area contributed by atoms with Gasteiger partial charge < -0.3 is 10.1 Å². The SMILES string of the molecule is COc1ccc(NC(=O)c2ccccc2N=O)cc1. The molecule has 0 radical (unpaired) electrons. The minimum atomic E-state index is -0.375. The van der Waals surface area contributed by atoms with E-state index < -0.39 is 0 Å². The van der Waals surface area contributed by atoms with Gasteiger partial charge in [-0.3, -0.25) is 4.79 Å². The number of benzene rings is 2. The predicted molar refractivity (Wildman–Crippen MR) is 72.8 cm³/mol. The Labute approximate surface area is 110 Å². The molecule has 0 aliphatic carbocycles. The van der Waals surface area contributed by atoms with Crippen LogP contribution in [0.2, 0.25) is 0 Å². The van der Waals surface area contributed by atoms with Crippen molar-refractivity contribution in [3.8, 4) is 5.75 Å². The van der Waals surface area contributed by atoms with Crippen molar-refractivity contribution in [2.24, 2.45) is 5.18 Å². The molecule has 5 nitrogen and oxygen atoms in total. The number of hydrogen-bond donors (Lipinski definition) is 1. The van der Waals surface area contributed by atoms with Crippen LogP contribution >= 0.6 is 0 Å². The molecule has 0 atom stereocenters. The van der Waals surface area contributed by atoms with Crippen LogP contribution in [0.15, 0.2) is 53.7 Å². The third kappa shape index (κ3) is 2.95. The summed E-state index contributed by atoms with van der Waals surface area (Å²) in [5.41, 5.74) is 0.980. The Bertz CT molecular complexity index is 594. The highest BCUT2D eigenvalue weighted by molar-refractivity contribution is 6.07. The Morgan fingerprint density at radius 2 is 1.79 bits per heavy atom. The lowest BCUT2D eigenvalue weighted by Gasteiger charge is -2.07. The summed E-state index contributed by atoms with van der Waals surface area (Å²) in [6.45, 7) is 0. The maximum atomic E-state index is 12.0. The number of nitrogens with one attached hydrogen (secondary N) is 1. The average molecular weight is 256 g/mol. The van der Waals surface area contributed by atoms with Crippen molar-refractivity contribution >= 4 is 17.3 Å². The van der Waals surface area contributed by atoms with Crippen LogP contribution in [0, 0.1) is 4.91 Å². The molecule has 0 bridgehead atoms. The lowest BCUT2D eigenvalue weighted by atomic mass is 10.1. The largest absolute Gasteiger partial charge is 0.497 e. The molecule has 96 valence electrons. The van der Waals surface area contributed by atoms with Gasteiger partial charge in [0.1, 0.15) is 11.4 Å². The molecule has 0 aliphatic heterocycles. The monoisotopic (exact) mass is 256 g/mol. The van der Waals surface area contributed by atoms with E-state index in [1.54, 1.807) is 49.6 Å². The summed E-state index contributed by atoms with van der Waals surface area (Å²) in [6, 6.07) is 13.3. The molecule has 0 unspecified atom stereocenters. The smallest absolute Gasteiger partial charge is 0.257 e. The van der Waals surface area contributed by atoms with E-state index >= 15 is 0 Å². The van der Waals surface area contributed by atoms with E-state index in [4.69, 9.17) is 4.74 Å². The molecule has 0 saturated carbocycles. The summed E-state index contributed by atoms with van der Waals surface area (Å²) in [7, 11) is 1.57. The summed E-state index contributed by atoms with van der Waals surface area (Å²) in [6.07, 6.45) is 0. The molecule has 0 aromatic heterocycles. The number of carbonyl (C=O) groups excluding carboxylic acids is 1. The van der Waals surface area contributed by atoms with Crippen LogP contribution in [0.5, 0.6) is 5.75 Å². The van der Waals surface area contributed by atoms with E-state index in [-0.39, 0.29) is 17.2 Å². The van der Waals surface area contributed by atoms with Gasteiger partial charge in [0.2, 0.25) is 0 Å². The van der Waals surface area contributed by atoms with E-state index in [9.17, 15) is 9.70 Å². The van der Waals surface area contributed by atoms with Crippen LogP contribution in [0.3, 0.4) is 0 Å². The maximum absolute atomic E-state index is 12.0. The van der Waals surface area contributed by atoms with Crippen molar-refractivity contribution in [2.45, 2.75) is 0 Å². The molecule has 19 heavy (non-hydrogen) atoms. The fraction of sp³-hybridized carbons (Fsp3) is 0.0714. The number of ether oxygens (including phenoxy) is 1. The molecule has 0 fully saturated rings. The summed E-state index contributed by atoms with van der Waals surface area (Å²) in [4.78, 5) is 22.6. The van der Waals surface area contributed by atoms with Gasteiger partial charge in [0.05, 0.1) is 12.7 Å². The lowest BCUT2D eigenvalue weighted by molar-refractivity contribution is 0.102. The molecular formula is C14H12N2O3. The Morgan fingerprint density at radius 3 is 2.42 bits per heavy atom. The summed E-state index contributed by atoms with van der Waals surface area (Å²) >= 11 is 0. The van der Waals surface area contributed by atoms with E-state index in [0.29, 0.717) is 11.4 Å². The van der Waals surface area contributed by atoms with E-state index in [2.05, 4.69) is 10.5 Å². The normalized spacial score (nSPS) is 9.74. The Hall–Kier alpha value is -2.69. The average Bonchev–Trinajstić information content (AvgIpc) is 2.48. The first-order chi connectivity index (χ1) is 9.24. The molecule has 0 heterocycles. The third-order valence-corrected chi connectivity index (χ3v) is 2.59. The van der Waals surface area contributed by atoms with Crippen molar-refractivity contribution in [3.05, 3.63) is 59.0 Å². The zero-order valence-corrected chi connectivity index (χ0v) is 10.3. The van der Waals surface area contributed by atoms with Crippen LogP contribution in [0.4, 0.5) is 11.4 Å². The van der Waals surface area contributed by atoms with Gasteiger partial charge in [0, 0.05) is 5.69 Å². The molecule has 0 saturated heterocycles. The Kier molecular flexibility index (Phi) is 3.87. The highest BCUT2D eigenvalue weighted by Gasteiger charge is 2.11. The Balaban J connectivity index is 2.18. The van der Waals surface area contributed by atoms with Crippen molar-refractivity contribution in [1.82, 2.24) is 0 Å². The molecule has 0 aliphatic rings. The number of methoxy groups -OCH3 is 1. The van der Waals surface area contributed by atoms with Crippen molar-refractivity contribution in [2.75, 3.05) is 12.4 Å². The van der Waals surface area contributed by atoms with Crippen molar-refractivity contribution < 1.29 is 9.53 Å². The molecule has 2 aromatic rings. The lowest BCUT2D eigenvalue weighted by Crippen LogP contribution is -2.11. The first-order valence-corrected chi connectivity index (χ1v) is 5.62. The molecule has 1 amide bonds. The van der Waals surface area contributed by atoms with Gasteiger partial charge in [-0.1, -0.05) is 12.1 Å². The molecule has 0 spiro atoms. The number of carbonyl (C=O) groups is 1. The molecule has 2 rings (SSSR count). The highest BCUT2D eigenvalue weighted by atomic mass is 16.5. The predicted octanol–water partition coefficient (Wildman–Crippen LogP) is 3.35. The zero-order chi connectivity index (χ0) is 13.7. The van der Waals surface area contributed by atoms with Crippen LogP contribution in [0.1, 0.15) is 10.4 Å². The van der Waals surface area contributed by atoms with Crippen LogP contribution in [-0.2, 0) is 0 Å². The molecular weight excluding hydrogens is 244 g/mol. The third-order valence-electron chi connectivity index (χ3n) is 2.59. The highest BCUT2D eigenvalue weighted by Crippen LogP contribution is 2.20. The fourth-order valence-corrected chi connectivity index (χ4v) is 1.62. The molecule has 1 N–H and O–H groups in total. The van der Waals surface area contributed by atoms with Crippen LogP contribution in [0.25, 0.3) is 0 Å². The van der Waals surface area contributed by atoms with Crippen LogP contribution in [-0.4, -0.2) is 13.0 Å². The second kappa shape index (κ2) is 5.77. The first kappa shape index (κ1) is 12.8. The fourth-order valence-electron chi connectivity index (χ4n) is 1.62. The topological polar surface area (TPSA) is 67.8 Å². The standard InChI is InChI=1S/C14H12N2O3/c1-19-11-8-6-10(7-9-11)15-14(17)12-4-2-3-5-13(12)16-18/h2-9H,1H3,(H,15,17). The van der Waals surface area contributed by atoms with Gasteiger partial charge in [-0.15, -0.1) is 4.91 Å². The number of hydrogen-bond acceptors (Lipinski definition) is 4. The number of anilines is 1. The van der Waals surface area contributed by atoms with Gasteiger partial charge in [-0.2, -0.15) is 0 Å². The quantitative estimate of drug-likeness (QED) is 0.853. The number of rotatable bonds is 4. The van der Waals surface area contributed by atoms with Gasteiger partial charge in [-0.25, -0.2) is 0 Å². The van der Waals surface area contributed by atoms with Crippen molar-refractivity contribution in [3.63, 3.8) is 0 Å². The molecule has 2 aromatic carbocycles. The zero-order valence-electron chi connectivity index (χ0n) is 10.3. The minimum Gasteiger partial charge on any atom is -0.497 e. The van der Waals surface area contributed by atoms with E-state index in [0.717, 1.165) is 0 Å². The van der Waals surface area contributed by atoms with E-state index in [1.165, 1.54) is 6.07 Å². The summed E-state index contributed by atoms with van der Waals surface area (Å²) < 4.78 is 5.03.